The van der Waals surface area contributed by atoms with E-state index in [0.717, 1.165) is 17.5 Å². The first-order valence-corrected chi connectivity index (χ1v) is 12.7. The second kappa shape index (κ2) is 13.3. The summed E-state index contributed by atoms with van der Waals surface area (Å²) < 4.78 is 0. The molecular formula is C29H32Cl2N2O2. The Hall–Kier alpha value is -2.82. The van der Waals surface area contributed by atoms with Gasteiger partial charge in [0.05, 0.1) is 0 Å². The number of rotatable bonds is 11. The summed E-state index contributed by atoms with van der Waals surface area (Å²) in [6.07, 6.45) is 2.04. The lowest BCUT2D eigenvalue weighted by molar-refractivity contribution is -0.141. The van der Waals surface area contributed by atoms with E-state index in [1.54, 1.807) is 23.1 Å². The molecule has 0 unspecified atom stereocenters. The van der Waals surface area contributed by atoms with Crippen LogP contribution in [-0.4, -0.2) is 28.8 Å². The second-order valence-corrected chi connectivity index (χ2v) is 9.55. The molecule has 0 fully saturated rings. The van der Waals surface area contributed by atoms with Crippen molar-refractivity contribution in [1.82, 2.24) is 10.2 Å². The normalized spacial score (nSPS) is 12.6. The molecule has 3 aromatic rings. The first-order valence-electron chi connectivity index (χ1n) is 12.0. The van der Waals surface area contributed by atoms with Gasteiger partial charge in [-0.25, -0.2) is 0 Å². The van der Waals surface area contributed by atoms with Crippen LogP contribution in [0.4, 0.5) is 0 Å². The highest BCUT2D eigenvalue weighted by atomic mass is 35.5. The Morgan fingerprint density at radius 1 is 0.857 bits per heavy atom. The van der Waals surface area contributed by atoms with Gasteiger partial charge in [-0.05, 0) is 43.0 Å². The zero-order chi connectivity index (χ0) is 25.2. The average molecular weight is 511 g/mol. The van der Waals surface area contributed by atoms with Crippen LogP contribution >= 0.6 is 23.2 Å². The number of amides is 2. The van der Waals surface area contributed by atoms with Crippen LogP contribution in [0.2, 0.25) is 10.0 Å². The monoisotopic (exact) mass is 510 g/mol. The lowest BCUT2D eigenvalue weighted by Gasteiger charge is -2.33. The summed E-state index contributed by atoms with van der Waals surface area (Å²) in [5, 5.41) is 4.02. The first-order chi connectivity index (χ1) is 16.9. The van der Waals surface area contributed by atoms with Gasteiger partial charge in [-0.1, -0.05) is 96.9 Å². The van der Waals surface area contributed by atoms with Crippen molar-refractivity contribution in [3.63, 3.8) is 0 Å². The topological polar surface area (TPSA) is 49.4 Å². The molecule has 6 heteroatoms. The van der Waals surface area contributed by atoms with E-state index in [1.165, 1.54) is 0 Å². The Morgan fingerprint density at radius 3 is 2.00 bits per heavy atom. The van der Waals surface area contributed by atoms with Crippen LogP contribution in [-0.2, 0) is 29.0 Å². The molecule has 2 atom stereocenters. The maximum absolute atomic E-state index is 13.7. The molecule has 3 aromatic carbocycles. The molecule has 2 amide bonds. The van der Waals surface area contributed by atoms with Crippen LogP contribution < -0.4 is 5.32 Å². The predicted molar refractivity (Wildman–Crippen MR) is 144 cm³/mol. The molecule has 0 heterocycles. The Labute approximate surface area is 218 Å². The first kappa shape index (κ1) is 26.8. The fraction of sp³-hybridized carbons (Fsp3) is 0.310. The van der Waals surface area contributed by atoms with E-state index in [4.69, 9.17) is 23.2 Å². The molecule has 0 radical (unpaired) electrons. The summed E-state index contributed by atoms with van der Waals surface area (Å²) in [6, 6.07) is 24.2. The summed E-state index contributed by atoms with van der Waals surface area (Å²) in [5.41, 5.74) is 2.68. The van der Waals surface area contributed by atoms with E-state index in [2.05, 4.69) is 5.32 Å². The van der Waals surface area contributed by atoms with Crippen LogP contribution in [0.5, 0.6) is 0 Å². The fourth-order valence-electron chi connectivity index (χ4n) is 3.89. The molecule has 0 aliphatic rings. The SMILES string of the molecule is CC[C@@H](C)NC(=O)[C@@H](Cc1ccccc1)N(Cc1c(Cl)cccc1Cl)C(=O)CCc1ccccc1. The molecule has 0 saturated heterocycles. The molecule has 3 rings (SSSR count). The number of hydrogen-bond donors (Lipinski definition) is 1. The molecule has 0 saturated carbocycles. The van der Waals surface area contributed by atoms with Gasteiger partial charge in [-0.3, -0.25) is 9.59 Å². The van der Waals surface area contributed by atoms with Crippen molar-refractivity contribution in [3.8, 4) is 0 Å². The summed E-state index contributed by atoms with van der Waals surface area (Å²) in [7, 11) is 0. The molecule has 35 heavy (non-hydrogen) atoms. The predicted octanol–water partition coefficient (Wildman–Crippen LogP) is 6.48. The fourth-order valence-corrected chi connectivity index (χ4v) is 4.41. The van der Waals surface area contributed by atoms with Crippen LogP contribution in [0.25, 0.3) is 0 Å². The van der Waals surface area contributed by atoms with Gasteiger partial charge in [0.2, 0.25) is 11.8 Å². The van der Waals surface area contributed by atoms with Crippen LogP contribution in [0.15, 0.2) is 78.9 Å². The minimum absolute atomic E-state index is 0.00838. The van der Waals surface area contributed by atoms with Crippen molar-refractivity contribution in [3.05, 3.63) is 106 Å². The van der Waals surface area contributed by atoms with Gasteiger partial charge < -0.3 is 10.2 Å². The third-order valence-electron chi connectivity index (χ3n) is 6.13. The van der Waals surface area contributed by atoms with Gasteiger partial charge in [0.15, 0.2) is 0 Å². The number of aryl methyl sites for hydroxylation is 1. The molecule has 0 aromatic heterocycles. The van der Waals surface area contributed by atoms with Gasteiger partial charge in [0.1, 0.15) is 6.04 Å². The Balaban J connectivity index is 1.96. The zero-order valence-electron chi connectivity index (χ0n) is 20.2. The number of nitrogens with one attached hydrogen (secondary N) is 1. The summed E-state index contributed by atoms with van der Waals surface area (Å²) in [6.45, 7) is 4.13. The van der Waals surface area contributed by atoms with E-state index in [-0.39, 0.29) is 30.8 Å². The number of hydrogen-bond acceptors (Lipinski definition) is 2. The van der Waals surface area contributed by atoms with Crippen LogP contribution in [0.3, 0.4) is 0 Å². The average Bonchev–Trinajstić information content (AvgIpc) is 2.87. The summed E-state index contributed by atoms with van der Waals surface area (Å²) in [4.78, 5) is 28.9. The Morgan fingerprint density at radius 2 is 1.43 bits per heavy atom. The minimum Gasteiger partial charge on any atom is -0.352 e. The van der Waals surface area contributed by atoms with Crippen molar-refractivity contribution < 1.29 is 9.59 Å². The van der Waals surface area contributed by atoms with Gasteiger partial charge >= 0.3 is 0 Å². The minimum atomic E-state index is -0.706. The maximum atomic E-state index is 13.7. The van der Waals surface area contributed by atoms with E-state index in [0.29, 0.717) is 28.5 Å². The highest BCUT2D eigenvalue weighted by molar-refractivity contribution is 6.36. The molecular weight excluding hydrogens is 479 g/mol. The van der Waals surface area contributed by atoms with Gasteiger partial charge in [-0.15, -0.1) is 0 Å². The lowest BCUT2D eigenvalue weighted by Crippen LogP contribution is -2.52. The van der Waals surface area contributed by atoms with Gasteiger partial charge in [-0.2, -0.15) is 0 Å². The Kier molecular flexibility index (Phi) is 10.2. The highest BCUT2D eigenvalue weighted by Gasteiger charge is 2.31. The summed E-state index contributed by atoms with van der Waals surface area (Å²) >= 11 is 13.0. The third-order valence-corrected chi connectivity index (χ3v) is 6.84. The molecule has 0 aliphatic heterocycles. The molecule has 184 valence electrons. The molecule has 1 N–H and O–H groups in total. The largest absolute Gasteiger partial charge is 0.352 e. The number of halogens is 2. The van der Waals surface area contributed by atoms with E-state index in [9.17, 15) is 9.59 Å². The van der Waals surface area contributed by atoms with E-state index >= 15 is 0 Å². The van der Waals surface area contributed by atoms with Gasteiger partial charge in [0.25, 0.3) is 0 Å². The van der Waals surface area contributed by atoms with E-state index in [1.807, 2.05) is 74.5 Å². The van der Waals surface area contributed by atoms with Gasteiger partial charge in [0, 0.05) is 41.0 Å². The lowest BCUT2D eigenvalue weighted by atomic mass is 10.0. The second-order valence-electron chi connectivity index (χ2n) is 8.73. The number of benzene rings is 3. The smallest absolute Gasteiger partial charge is 0.243 e. The van der Waals surface area contributed by atoms with Crippen molar-refractivity contribution in [2.75, 3.05) is 0 Å². The number of nitrogens with zero attached hydrogens (tertiary/aromatic N) is 1. The Bertz CT molecular complexity index is 1090. The number of carbonyl (C=O) groups excluding carboxylic acids is 2. The van der Waals surface area contributed by atoms with Crippen molar-refractivity contribution >= 4 is 35.0 Å². The third kappa shape index (κ3) is 7.84. The van der Waals surface area contributed by atoms with Crippen LogP contribution in [0, 0.1) is 0 Å². The summed E-state index contributed by atoms with van der Waals surface area (Å²) in [5.74, 6) is -0.301. The zero-order valence-corrected chi connectivity index (χ0v) is 21.7. The van der Waals surface area contributed by atoms with Crippen molar-refractivity contribution in [2.24, 2.45) is 0 Å². The number of carbonyl (C=O) groups is 2. The maximum Gasteiger partial charge on any atom is 0.243 e. The van der Waals surface area contributed by atoms with E-state index < -0.39 is 6.04 Å². The quantitative estimate of drug-likeness (QED) is 0.320. The highest BCUT2D eigenvalue weighted by Crippen LogP contribution is 2.27. The van der Waals surface area contributed by atoms with Crippen molar-refractivity contribution in [2.45, 2.75) is 58.2 Å². The molecule has 0 spiro atoms. The molecule has 0 bridgehead atoms. The van der Waals surface area contributed by atoms with Crippen molar-refractivity contribution in [1.29, 1.82) is 0 Å². The van der Waals surface area contributed by atoms with Crippen LogP contribution in [0.1, 0.15) is 43.4 Å². The molecule has 0 aliphatic carbocycles. The standard InChI is InChI=1S/C29H32Cl2N2O2/c1-3-21(2)32-29(35)27(19-23-13-8-5-9-14-23)33(20-24-25(30)15-10-16-26(24)31)28(34)18-17-22-11-6-4-7-12-22/h4-16,21,27H,3,17-20H2,1-2H3,(H,32,35)/t21-,27-/m1/s1. The molecule has 4 nitrogen and oxygen atoms in total.